The number of nitrogens with zero attached hydrogens (tertiary/aromatic N) is 2. The van der Waals surface area contributed by atoms with Crippen LogP contribution in [0.2, 0.25) is 0 Å². The molecular weight excluding hydrogens is 298 g/mol. The second-order valence-electron chi connectivity index (χ2n) is 7.10. The number of nitrogens with one attached hydrogen (secondary N) is 1. The lowest BCUT2D eigenvalue weighted by Crippen LogP contribution is -2.51. The molecule has 2 N–H and O–H groups in total. The largest absolute Gasteiger partial charge is 0.481 e. The molecule has 0 aromatic carbocycles. The lowest BCUT2D eigenvalue weighted by atomic mass is 10.2. The molecule has 1 amide bonds. The smallest absolute Gasteiger partial charge is 0.410 e. The van der Waals surface area contributed by atoms with Crippen molar-refractivity contribution in [2.45, 2.75) is 52.2 Å². The van der Waals surface area contributed by atoms with Crippen molar-refractivity contribution in [3.63, 3.8) is 0 Å². The minimum Gasteiger partial charge on any atom is -0.481 e. The highest BCUT2D eigenvalue weighted by molar-refractivity contribution is 5.68. The van der Waals surface area contributed by atoms with E-state index < -0.39 is 11.6 Å². The first kappa shape index (κ1) is 19.7. The number of carboxylic acids is 1. The number of amides is 1. The Morgan fingerprint density at radius 3 is 2.35 bits per heavy atom. The zero-order chi connectivity index (χ0) is 17.5. The first-order valence-electron chi connectivity index (χ1n) is 8.33. The molecule has 0 bridgehead atoms. The Morgan fingerprint density at radius 1 is 1.22 bits per heavy atom. The Bertz CT molecular complexity index is 387. The van der Waals surface area contributed by atoms with Gasteiger partial charge in [0, 0.05) is 51.7 Å². The van der Waals surface area contributed by atoms with Crippen molar-refractivity contribution >= 4 is 12.1 Å². The van der Waals surface area contributed by atoms with Gasteiger partial charge in [-0.3, -0.25) is 9.69 Å². The Labute approximate surface area is 139 Å². The third-order valence-corrected chi connectivity index (χ3v) is 3.74. The van der Waals surface area contributed by atoms with Crippen LogP contribution in [-0.2, 0) is 9.53 Å². The molecule has 1 fully saturated rings. The molecule has 7 heteroatoms. The van der Waals surface area contributed by atoms with Gasteiger partial charge in [0.25, 0.3) is 0 Å². The zero-order valence-electron chi connectivity index (χ0n) is 14.8. The second kappa shape index (κ2) is 9.08. The second-order valence-corrected chi connectivity index (χ2v) is 7.10. The van der Waals surface area contributed by atoms with Crippen LogP contribution in [0.25, 0.3) is 0 Å². The van der Waals surface area contributed by atoms with Crippen LogP contribution in [0.4, 0.5) is 4.79 Å². The van der Waals surface area contributed by atoms with Crippen LogP contribution in [0.3, 0.4) is 0 Å². The average molecular weight is 329 g/mol. The summed E-state index contributed by atoms with van der Waals surface area (Å²) in [6, 6.07) is 0.203. The molecule has 1 saturated heterocycles. The predicted octanol–water partition coefficient (Wildman–Crippen LogP) is 1.38. The van der Waals surface area contributed by atoms with Gasteiger partial charge in [0.05, 0.1) is 0 Å². The van der Waals surface area contributed by atoms with Crippen LogP contribution in [0, 0.1) is 0 Å². The number of aliphatic carboxylic acids is 1. The minimum absolute atomic E-state index is 0.197. The Hall–Kier alpha value is -1.34. The number of piperazine rings is 1. The van der Waals surface area contributed by atoms with E-state index in [9.17, 15) is 9.59 Å². The quantitative estimate of drug-likeness (QED) is 0.734. The van der Waals surface area contributed by atoms with Gasteiger partial charge in [-0.05, 0) is 34.1 Å². The maximum atomic E-state index is 12.0. The lowest BCUT2D eigenvalue weighted by Gasteiger charge is -2.35. The highest BCUT2D eigenvalue weighted by atomic mass is 16.6. The lowest BCUT2D eigenvalue weighted by molar-refractivity contribution is -0.137. The van der Waals surface area contributed by atoms with Crippen molar-refractivity contribution in [2.75, 3.05) is 39.3 Å². The van der Waals surface area contributed by atoms with Crippen molar-refractivity contribution in [2.24, 2.45) is 0 Å². The van der Waals surface area contributed by atoms with Crippen LogP contribution in [0.5, 0.6) is 0 Å². The van der Waals surface area contributed by atoms with E-state index in [1.165, 1.54) is 0 Å². The van der Waals surface area contributed by atoms with E-state index in [0.29, 0.717) is 19.5 Å². The van der Waals surface area contributed by atoms with Gasteiger partial charge in [-0.15, -0.1) is 0 Å². The molecule has 23 heavy (non-hydrogen) atoms. The highest BCUT2D eigenvalue weighted by Gasteiger charge is 2.25. The van der Waals surface area contributed by atoms with Crippen molar-refractivity contribution < 1.29 is 19.4 Å². The molecule has 0 aliphatic carbocycles. The van der Waals surface area contributed by atoms with Crippen molar-refractivity contribution in [3.05, 3.63) is 0 Å². The summed E-state index contributed by atoms with van der Waals surface area (Å²) in [5.41, 5.74) is -0.454. The number of hydrogen-bond acceptors (Lipinski definition) is 5. The number of rotatable bonds is 7. The topological polar surface area (TPSA) is 82.1 Å². The van der Waals surface area contributed by atoms with E-state index in [4.69, 9.17) is 9.84 Å². The summed E-state index contributed by atoms with van der Waals surface area (Å²) >= 11 is 0. The van der Waals surface area contributed by atoms with E-state index >= 15 is 0 Å². The fraction of sp³-hybridized carbons (Fsp3) is 0.875. The number of carbonyl (C=O) groups is 2. The zero-order valence-corrected chi connectivity index (χ0v) is 14.8. The summed E-state index contributed by atoms with van der Waals surface area (Å²) in [7, 11) is 0. The van der Waals surface area contributed by atoms with Crippen molar-refractivity contribution in [1.29, 1.82) is 0 Å². The van der Waals surface area contributed by atoms with E-state index in [1.807, 2.05) is 27.7 Å². The number of carbonyl (C=O) groups excluding carboxylic acids is 1. The maximum absolute atomic E-state index is 12.0. The van der Waals surface area contributed by atoms with E-state index in [2.05, 4.69) is 10.2 Å². The molecule has 1 aliphatic heterocycles. The highest BCUT2D eigenvalue weighted by Crippen LogP contribution is 2.11. The maximum Gasteiger partial charge on any atom is 0.410 e. The fourth-order valence-corrected chi connectivity index (χ4v) is 2.39. The van der Waals surface area contributed by atoms with Gasteiger partial charge < -0.3 is 20.1 Å². The Morgan fingerprint density at radius 2 is 1.83 bits per heavy atom. The molecule has 1 aliphatic rings. The predicted molar refractivity (Wildman–Crippen MR) is 88.6 cm³/mol. The first-order chi connectivity index (χ1) is 10.7. The van der Waals surface area contributed by atoms with Crippen molar-refractivity contribution in [3.8, 4) is 0 Å². The average Bonchev–Trinajstić information content (AvgIpc) is 2.44. The number of carboxylic acid groups (broad SMARTS) is 1. The summed E-state index contributed by atoms with van der Waals surface area (Å²) in [4.78, 5) is 26.6. The van der Waals surface area contributed by atoms with Gasteiger partial charge >= 0.3 is 12.1 Å². The van der Waals surface area contributed by atoms with E-state index in [1.54, 1.807) is 4.90 Å². The number of hydrogen-bond donors (Lipinski definition) is 2. The molecule has 1 heterocycles. The summed E-state index contributed by atoms with van der Waals surface area (Å²) < 4.78 is 5.38. The van der Waals surface area contributed by atoms with Gasteiger partial charge in [-0.2, -0.15) is 0 Å². The van der Waals surface area contributed by atoms with Gasteiger partial charge in [0.15, 0.2) is 0 Å². The Kier molecular flexibility index (Phi) is 7.78. The summed E-state index contributed by atoms with van der Waals surface area (Å²) in [5.74, 6) is -0.753. The van der Waals surface area contributed by atoms with Crippen LogP contribution in [0.15, 0.2) is 0 Å². The fourth-order valence-electron chi connectivity index (χ4n) is 2.39. The standard InChI is InChI=1S/C16H31N3O4/c1-13(5-6-14(20)21)17-7-8-18-9-11-19(12-10-18)15(22)23-16(2,3)4/h13,17H,5-12H2,1-4H3,(H,20,21). The van der Waals surface area contributed by atoms with Gasteiger partial charge in [0.2, 0.25) is 0 Å². The molecule has 0 aromatic rings. The first-order valence-corrected chi connectivity index (χ1v) is 8.33. The van der Waals surface area contributed by atoms with Crippen LogP contribution < -0.4 is 5.32 Å². The molecule has 0 aromatic heterocycles. The van der Waals surface area contributed by atoms with Crippen LogP contribution >= 0.6 is 0 Å². The monoisotopic (exact) mass is 329 g/mol. The Balaban J connectivity index is 2.17. The summed E-state index contributed by atoms with van der Waals surface area (Å²) in [6.45, 7) is 12.4. The molecular formula is C16H31N3O4. The third kappa shape index (κ3) is 8.76. The van der Waals surface area contributed by atoms with Crippen molar-refractivity contribution in [1.82, 2.24) is 15.1 Å². The SMILES string of the molecule is CC(CCC(=O)O)NCCN1CCN(C(=O)OC(C)(C)C)CC1. The van der Waals surface area contributed by atoms with Gasteiger partial charge in [-0.1, -0.05) is 0 Å². The molecule has 0 saturated carbocycles. The van der Waals surface area contributed by atoms with E-state index in [0.717, 1.165) is 26.2 Å². The van der Waals surface area contributed by atoms with Gasteiger partial charge in [0.1, 0.15) is 5.60 Å². The molecule has 134 valence electrons. The number of ether oxygens (including phenoxy) is 1. The van der Waals surface area contributed by atoms with E-state index in [-0.39, 0.29) is 18.6 Å². The summed E-state index contributed by atoms with van der Waals surface area (Å²) in [6.07, 6.45) is 0.599. The molecule has 1 unspecified atom stereocenters. The molecule has 0 spiro atoms. The molecule has 1 rings (SSSR count). The van der Waals surface area contributed by atoms with Crippen LogP contribution in [-0.4, -0.2) is 77.9 Å². The van der Waals surface area contributed by atoms with Crippen LogP contribution in [0.1, 0.15) is 40.5 Å². The molecule has 7 nitrogen and oxygen atoms in total. The van der Waals surface area contributed by atoms with Gasteiger partial charge in [-0.25, -0.2) is 4.79 Å². The third-order valence-electron chi connectivity index (χ3n) is 3.74. The minimum atomic E-state index is -0.753. The molecule has 0 radical (unpaired) electrons. The molecule has 1 atom stereocenters. The normalized spacial score (nSPS) is 17.8. The summed E-state index contributed by atoms with van der Waals surface area (Å²) in [5, 5.41) is 12.0.